The minimum Gasteiger partial charge on any atom is -0.322 e. The highest BCUT2D eigenvalue weighted by Gasteiger charge is 2.34. The molecule has 0 spiro atoms. The van der Waals surface area contributed by atoms with Gasteiger partial charge >= 0.3 is 6.18 Å². The van der Waals surface area contributed by atoms with Crippen molar-refractivity contribution < 1.29 is 22.8 Å². The largest absolute Gasteiger partial charge is 0.416 e. The summed E-state index contributed by atoms with van der Waals surface area (Å²) in [6.45, 7) is 10.6. The number of hydrogen-bond acceptors (Lipinski definition) is 7. The van der Waals surface area contributed by atoms with Crippen LogP contribution in [0.1, 0.15) is 60.3 Å². The Kier molecular flexibility index (Phi) is 8.31. The number of aryl methyl sites for hydroxylation is 1. The second kappa shape index (κ2) is 11.4. The number of aromatic nitrogens is 4. The highest BCUT2D eigenvalue weighted by Crippen LogP contribution is 2.36. The number of anilines is 2. The van der Waals surface area contributed by atoms with E-state index in [2.05, 4.69) is 31.2 Å². The van der Waals surface area contributed by atoms with Crippen LogP contribution in [0.5, 0.6) is 0 Å². The number of thiazole rings is 1. The fourth-order valence-electron chi connectivity index (χ4n) is 3.98. The average molecular weight is 586 g/mol. The normalized spacial score (nSPS) is 11.9. The molecule has 0 aliphatic rings. The first-order valence-corrected chi connectivity index (χ1v) is 13.5. The lowest BCUT2D eigenvalue weighted by Crippen LogP contribution is -2.35. The van der Waals surface area contributed by atoms with E-state index in [1.54, 1.807) is 36.7 Å². The van der Waals surface area contributed by atoms with Crippen molar-refractivity contribution in [2.24, 2.45) is 0 Å². The number of carbonyl (C=O) groups is 2. The molecule has 2 aromatic heterocycles. The zero-order valence-corrected chi connectivity index (χ0v) is 24.2. The summed E-state index contributed by atoms with van der Waals surface area (Å²) in [6.07, 6.45) is -1.34. The van der Waals surface area contributed by atoms with Crippen LogP contribution in [0.2, 0.25) is 0 Å². The molecule has 3 N–H and O–H groups in total. The highest BCUT2D eigenvalue weighted by molar-refractivity contribution is 7.19. The summed E-state index contributed by atoms with van der Waals surface area (Å²) in [5.74, 6) is -0.806. The molecular weight excluding hydrogens is 555 g/mol. The van der Waals surface area contributed by atoms with Crippen molar-refractivity contribution in [3.63, 3.8) is 0 Å². The molecule has 2 amide bonds. The minimum absolute atomic E-state index is 0.0453. The number of nitrogens with zero attached hydrogens (tertiary/aromatic N) is 4. The van der Waals surface area contributed by atoms with Crippen LogP contribution in [0.4, 0.5) is 24.0 Å². The van der Waals surface area contributed by atoms with Crippen LogP contribution in [0.25, 0.3) is 16.3 Å². The van der Waals surface area contributed by atoms with Crippen LogP contribution < -0.4 is 16.0 Å². The van der Waals surface area contributed by atoms with E-state index in [0.717, 1.165) is 11.6 Å². The lowest BCUT2D eigenvalue weighted by atomic mass is 9.99. The van der Waals surface area contributed by atoms with Crippen LogP contribution in [-0.2, 0) is 17.5 Å². The third-order valence-corrected chi connectivity index (χ3v) is 7.08. The van der Waals surface area contributed by atoms with Crippen LogP contribution in [-0.4, -0.2) is 37.3 Å². The predicted molar refractivity (Wildman–Crippen MR) is 152 cm³/mol. The maximum absolute atomic E-state index is 13.8. The summed E-state index contributed by atoms with van der Waals surface area (Å²) in [5, 5.41) is 17.2. The van der Waals surface area contributed by atoms with Gasteiger partial charge in [0.25, 0.3) is 5.91 Å². The molecule has 0 radical (unpaired) electrons. The Labute approximate surface area is 239 Å². The Hall–Kier alpha value is -4.10. The van der Waals surface area contributed by atoms with Gasteiger partial charge in [0.05, 0.1) is 22.3 Å². The highest BCUT2D eigenvalue weighted by atomic mass is 32.1. The summed E-state index contributed by atoms with van der Waals surface area (Å²) in [6, 6.07) is 7.43. The van der Waals surface area contributed by atoms with Gasteiger partial charge < -0.3 is 16.0 Å². The number of alkyl halides is 3. The number of carbonyl (C=O) groups excluding carboxylic acids is 2. The Morgan fingerprint density at radius 1 is 1.05 bits per heavy atom. The van der Waals surface area contributed by atoms with Crippen molar-refractivity contribution >= 4 is 34.0 Å². The number of amides is 2. The second-order valence-electron chi connectivity index (χ2n) is 10.6. The van der Waals surface area contributed by atoms with Gasteiger partial charge in [-0.1, -0.05) is 22.6 Å². The van der Waals surface area contributed by atoms with E-state index in [1.807, 2.05) is 27.7 Å². The summed E-state index contributed by atoms with van der Waals surface area (Å²) in [4.78, 5) is 29.3. The van der Waals surface area contributed by atoms with Gasteiger partial charge in [0.15, 0.2) is 5.13 Å². The number of rotatable bonds is 7. The van der Waals surface area contributed by atoms with E-state index in [4.69, 9.17) is 0 Å². The van der Waals surface area contributed by atoms with Gasteiger partial charge in [-0.15, -0.1) is 5.10 Å². The minimum atomic E-state index is -4.58. The smallest absolute Gasteiger partial charge is 0.322 e. The van der Waals surface area contributed by atoms with Gasteiger partial charge in [-0.2, -0.15) is 13.2 Å². The van der Waals surface area contributed by atoms with Crippen LogP contribution in [0.15, 0.2) is 42.7 Å². The monoisotopic (exact) mass is 585 g/mol. The molecule has 4 aromatic rings. The summed E-state index contributed by atoms with van der Waals surface area (Å²) in [5.41, 5.74) is 1.60. The van der Waals surface area contributed by atoms with Gasteiger partial charge in [-0.3, -0.25) is 9.59 Å². The second-order valence-corrected chi connectivity index (χ2v) is 11.7. The number of benzene rings is 2. The quantitative estimate of drug-likeness (QED) is 0.241. The third kappa shape index (κ3) is 7.35. The summed E-state index contributed by atoms with van der Waals surface area (Å²) in [7, 11) is 0. The molecule has 2 aromatic carbocycles. The molecule has 0 bridgehead atoms. The Balaban J connectivity index is 1.60. The van der Waals surface area contributed by atoms with Crippen LogP contribution in [0, 0.1) is 13.8 Å². The SMILES string of the molecule is CC(=O)Nc1ncc(-c2cn(-c3cc(C(=O)Nc4cc(CNC(C)(C)C)c(C)c(C(F)(F)F)c4)ccc3C)nn2)s1. The number of nitrogens with one attached hydrogen (secondary N) is 3. The molecule has 0 aliphatic carbocycles. The van der Waals surface area contributed by atoms with Gasteiger partial charge in [0.1, 0.15) is 5.69 Å². The van der Waals surface area contributed by atoms with E-state index in [-0.39, 0.29) is 34.8 Å². The molecular formula is C28H30F3N7O2S. The Bertz CT molecular complexity index is 1600. The van der Waals surface area contributed by atoms with Crippen molar-refractivity contribution in [1.82, 2.24) is 25.3 Å². The molecule has 4 rings (SSSR count). The first-order chi connectivity index (χ1) is 19.1. The predicted octanol–water partition coefficient (Wildman–Crippen LogP) is 6.13. The first kappa shape index (κ1) is 29.9. The van der Waals surface area contributed by atoms with Crippen molar-refractivity contribution in [2.75, 3.05) is 10.6 Å². The van der Waals surface area contributed by atoms with Crippen molar-refractivity contribution in [2.45, 2.75) is 59.8 Å². The van der Waals surface area contributed by atoms with Crippen molar-refractivity contribution in [3.05, 3.63) is 70.5 Å². The maximum Gasteiger partial charge on any atom is 0.416 e. The van der Waals surface area contributed by atoms with Gasteiger partial charge in [-0.25, -0.2) is 9.67 Å². The Morgan fingerprint density at radius 2 is 1.78 bits per heavy atom. The van der Waals surface area contributed by atoms with E-state index in [9.17, 15) is 22.8 Å². The third-order valence-electron chi connectivity index (χ3n) is 6.14. The molecule has 2 heterocycles. The van der Waals surface area contributed by atoms with E-state index in [0.29, 0.717) is 27.0 Å². The lowest BCUT2D eigenvalue weighted by Gasteiger charge is -2.23. The average Bonchev–Trinajstić information content (AvgIpc) is 3.52. The molecule has 9 nitrogen and oxygen atoms in total. The molecule has 216 valence electrons. The lowest BCUT2D eigenvalue weighted by molar-refractivity contribution is -0.138. The molecule has 0 fully saturated rings. The van der Waals surface area contributed by atoms with E-state index >= 15 is 0 Å². The van der Waals surface area contributed by atoms with Crippen molar-refractivity contribution in [1.29, 1.82) is 0 Å². The fraction of sp³-hybridized carbons (Fsp3) is 0.321. The topological polar surface area (TPSA) is 114 Å². The van der Waals surface area contributed by atoms with E-state index in [1.165, 1.54) is 29.9 Å². The number of halogens is 3. The summed E-state index contributed by atoms with van der Waals surface area (Å²) >= 11 is 1.24. The molecule has 0 saturated heterocycles. The molecule has 0 saturated carbocycles. The van der Waals surface area contributed by atoms with Crippen molar-refractivity contribution in [3.8, 4) is 16.3 Å². The summed E-state index contributed by atoms with van der Waals surface area (Å²) < 4.78 is 43.0. The standard InChI is InChI=1S/C28H30F3N7O2S/c1-15-7-8-18(10-23(15)38-14-22(36-37-38)24-13-32-26(41-24)34-17(3)39)25(40)35-20-9-19(12-33-27(4,5)6)16(2)21(11-20)28(29,30)31/h7-11,13-14,33H,12H2,1-6H3,(H,35,40)(H,32,34,39). The Morgan fingerprint density at radius 3 is 2.44 bits per heavy atom. The maximum atomic E-state index is 13.8. The van der Waals surface area contributed by atoms with E-state index < -0.39 is 17.6 Å². The molecule has 13 heteroatoms. The zero-order chi connectivity index (χ0) is 30.1. The van der Waals surface area contributed by atoms with Gasteiger partial charge in [0, 0.05) is 36.5 Å². The molecule has 0 aliphatic heterocycles. The molecule has 0 unspecified atom stereocenters. The van der Waals surface area contributed by atoms with Gasteiger partial charge in [0.2, 0.25) is 5.91 Å². The molecule has 41 heavy (non-hydrogen) atoms. The van der Waals surface area contributed by atoms with Crippen LogP contribution in [0.3, 0.4) is 0 Å². The van der Waals surface area contributed by atoms with Crippen LogP contribution >= 0.6 is 11.3 Å². The zero-order valence-electron chi connectivity index (χ0n) is 23.4. The number of hydrogen-bond donors (Lipinski definition) is 3. The fourth-order valence-corrected chi connectivity index (χ4v) is 4.79. The first-order valence-electron chi connectivity index (χ1n) is 12.6. The molecule has 0 atom stereocenters. The van der Waals surface area contributed by atoms with Gasteiger partial charge in [-0.05, 0) is 75.6 Å².